The highest BCUT2D eigenvalue weighted by Gasteiger charge is 2.23. The average molecular weight is 363 g/mol. The first-order valence-corrected chi connectivity index (χ1v) is 10.0. The zero-order chi connectivity index (χ0) is 19.2. The van der Waals surface area contributed by atoms with Crippen molar-refractivity contribution in [1.82, 2.24) is 5.32 Å². The topological polar surface area (TPSA) is 53.4 Å². The van der Waals surface area contributed by atoms with Crippen LogP contribution >= 0.6 is 0 Å². The van der Waals surface area contributed by atoms with Gasteiger partial charge in [-0.15, -0.1) is 0 Å². The van der Waals surface area contributed by atoms with E-state index in [1.807, 2.05) is 0 Å². The van der Waals surface area contributed by atoms with Gasteiger partial charge in [0, 0.05) is 18.7 Å². The largest absolute Gasteiger partial charge is 0.360 e. The fraction of sp³-hybridized carbons (Fsp3) is 0.667. The van der Waals surface area contributed by atoms with Crippen LogP contribution < -0.4 is 20.4 Å². The summed E-state index contributed by atoms with van der Waals surface area (Å²) in [5.74, 6) is 0.191. The summed E-state index contributed by atoms with van der Waals surface area (Å²) < 4.78 is 0. The summed E-state index contributed by atoms with van der Waals surface area (Å²) in [7, 11) is 0. The molecule has 1 aromatic carbocycles. The standard InChI is InChI=1S/C21H36N4O/c1-17-8-6-9-19(18(17)2)25-14-12-24(13-15-25)16-20(26)22-10-7-11-23-21(3,4)5/h6,8-9,23H,7,10-16H2,1-5H3,(H,22,26)/p+2. The molecule has 26 heavy (non-hydrogen) atoms. The Morgan fingerprint density at radius 2 is 1.92 bits per heavy atom. The molecule has 0 bridgehead atoms. The second-order valence-corrected chi connectivity index (χ2v) is 8.70. The molecule has 4 N–H and O–H groups in total. The van der Waals surface area contributed by atoms with Crippen molar-refractivity contribution < 1.29 is 15.0 Å². The van der Waals surface area contributed by atoms with E-state index in [2.05, 4.69) is 68.4 Å². The molecule has 0 saturated carbocycles. The molecule has 0 aromatic heterocycles. The monoisotopic (exact) mass is 362 g/mol. The maximum Gasteiger partial charge on any atom is 0.275 e. The third kappa shape index (κ3) is 6.61. The number of quaternary nitrogens is 2. The zero-order valence-electron chi connectivity index (χ0n) is 17.3. The van der Waals surface area contributed by atoms with E-state index in [1.165, 1.54) is 21.7 Å². The fourth-order valence-corrected chi connectivity index (χ4v) is 3.47. The van der Waals surface area contributed by atoms with Gasteiger partial charge in [0.2, 0.25) is 0 Å². The molecular weight excluding hydrogens is 324 g/mol. The summed E-state index contributed by atoms with van der Waals surface area (Å²) >= 11 is 0. The van der Waals surface area contributed by atoms with Gasteiger partial charge in [0.15, 0.2) is 6.54 Å². The van der Waals surface area contributed by atoms with E-state index in [-0.39, 0.29) is 11.4 Å². The lowest BCUT2D eigenvalue weighted by molar-refractivity contribution is -0.892. The number of nitrogens with one attached hydrogen (secondary N) is 2. The molecule has 0 radical (unpaired) electrons. The maximum atomic E-state index is 12.2. The van der Waals surface area contributed by atoms with Crippen LogP contribution in [0.1, 0.15) is 38.3 Å². The van der Waals surface area contributed by atoms with Crippen LogP contribution in [0.5, 0.6) is 0 Å². The van der Waals surface area contributed by atoms with Crippen molar-refractivity contribution in [2.75, 3.05) is 50.7 Å². The maximum absolute atomic E-state index is 12.2. The van der Waals surface area contributed by atoms with Gasteiger partial charge < -0.3 is 20.4 Å². The highest BCUT2D eigenvalue weighted by atomic mass is 16.2. The molecule has 1 aliphatic heterocycles. The van der Waals surface area contributed by atoms with Gasteiger partial charge in [-0.3, -0.25) is 4.79 Å². The number of aryl methyl sites for hydroxylation is 1. The smallest absolute Gasteiger partial charge is 0.275 e. The molecule has 2 rings (SSSR count). The molecule has 146 valence electrons. The Bertz CT molecular complexity index is 586. The van der Waals surface area contributed by atoms with Crippen molar-refractivity contribution in [3.8, 4) is 0 Å². The average Bonchev–Trinajstić information content (AvgIpc) is 2.57. The third-order valence-electron chi connectivity index (χ3n) is 5.26. The van der Waals surface area contributed by atoms with Crippen molar-refractivity contribution in [2.24, 2.45) is 0 Å². The summed E-state index contributed by atoms with van der Waals surface area (Å²) in [6, 6.07) is 6.53. The second kappa shape index (κ2) is 9.38. The number of rotatable bonds is 7. The van der Waals surface area contributed by atoms with Gasteiger partial charge in [-0.05, 0) is 51.8 Å². The summed E-state index contributed by atoms with van der Waals surface area (Å²) in [6.07, 6.45) is 1.03. The van der Waals surface area contributed by atoms with Crippen LogP contribution in [0.2, 0.25) is 0 Å². The van der Waals surface area contributed by atoms with Gasteiger partial charge in [0.1, 0.15) is 0 Å². The van der Waals surface area contributed by atoms with E-state index < -0.39 is 0 Å². The van der Waals surface area contributed by atoms with E-state index in [1.54, 1.807) is 0 Å². The Balaban J connectivity index is 1.67. The van der Waals surface area contributed by atoms with Gasteiger partial charge in [0.05, 0.1) is 38.3 Å². The van der Waals surface area contributed by atoms with Crippen LogP contribution in [-0.2, 0) is 4.79 Å². The number of carbonyl (C=O) groups excluding carboxylic acids is 1. The molecule has 1 aliphatic rings. The lowest BCUT2D eigenvalue weighted by atomic mass is 10.1. The van der Waals surface area contributed by atoms with E-state index in [4.69, 9.17) is 0 Å². The van der Waals surface area contributed by atoms with Crippen molar-refractivity contribution in [2.45, 2.75) is 46.6 Å². The van der Waals surface area contributed by atoms with Gasteiger partial charge in [-0.25, -0.2) is 0 Å². The van der Waals surface area contributed by atoms with Crippen LogP contribution in [0.4, 0.5) is 5.69 Å². The fourth-order valence-electron chi connectivity index (χ4n) is 3.47. The Labute approximate surface area is 159 Å². The molecule has 0 atom stereocenters. The Morgan fingerprint density at radius 3 is 2.58 bits per heavy atom. The SMILES string of the molecule is Cc1cccc(N2CC[NH+](CC(=O)NCCC[NH2+]C(C)(C)C)CC2)c1C. The number of nitrogens with zero attached hydrogens (tertiary/aromatic N) is 1. The minimum atomic E-state index is 0.191. The summed E-state index contributed by atoms with van der Waals surface area (Å²) in [6.45, 7) is 17.6. The number of carbonyl (C=O) groups is 1. The van der Waals surface area contributed by atoms with Gasteiger partial charge in [0.25, 0.3) is 5.91 Å². The van der Waals surface area contributed by atoms with Crippen LogP contribution in [0.3, 0.4) is 0 Å². The third-order valence-corrected chi connectivity index (χ3v) is 5.26. The minimum Gasteiger partial charge on any atom is -0.360 e. The number of nitrogens with two attached hydrogens (primary N) is 1. The predicted octanol–water partition coefficient (Wildman–Crippen LogP) is -0.123. The Hall–Kier alpha value is -1.59. The van der Waals surface area contributed by atoms with Crippen LogP contribution in [-0.4, -0.2) is 57.3 Å². The van der Waals surface area contributed by atoms with E-state index in [0.717, 1.165) is 45.7 Å². The normalized spacial score (nSPS) is 16.0. The first-order valence-electron chi connectivity index (χ1n) is 10.0. The van der Waals surface area contributed by atoms with E-state index >= 15 is 0 Å². The summed E-state index contributed by atoms with van der Waals surface area (Å²) in [4.78, 5) is 16.0. The van der Waals surface area contributed by atoms with Crippen molar-refractivity contribution in [3.05, 3.63) is 29.3 Å². The van der Waals surface area contributed by atoms with Gasteiger partial charge >= 0.3 is 0 Å². The summed E-state index contributed by atoms with van der Waals surface area (Å²) in [5.41, 5.74) is 4.34. The van der Waals surface area contributed by atoms with Crippen molar-refractivity contribution in [3.63, 3.8) is 0 Å². The predicted molar refractivity (Wildman–Crippen MR) is 108 cm³/mol. The molecule has 0 unspecified atom stereocenters. The highest BCUT2D eigenvalue weighted by molar-refractivity contribution is 5.76. The van der Waals surface area contributed by atoms with Crippen molar-refractivity contribution in [1.29, 1.82) is 0 Å². The van der Waals surface area contributed by atoms with Crippen LogP contribution in [0.25, 0.3) is 0 Å². The molecule has 1 amide bonds. The zero-order valence-corrected chi connectivity index (χ0v) is 17.3. The lowest BCUT2D eigenvalue weighted by Crippen LogP contribution is -3.16. The summed E-state index contributed by atoms with van der Waals surface area (Å²) in [5, 5.41) is 5.41. The van der Waals surface area contributed by atoms with E-state index in [0.29, 0.717) is 6.54 Å². The molecule has 1 fully saturated rings. The quantitative estimate of drug-likeness (QED) is 0.592. The molecule has 1 aromatic rings. The van der Waals surface area contributed by atoms with Crippen molar-refractivity contribution >= 4 is 11.6 Å². The lowest BCUT2D eigenvalue weighted by Gasteiger charge is -2.34. The Kier molecular flexibility index (Phi) is 7.47. The molecule has 0 spiro atoms. The minimum absolute atomic E-state index is 0.191. The number of amides is 1. The first-order chi connectivity index (χ1) is 12.3. The van der Waals surface area contributed by atoms with Gasteiger partial charge in [-0.1, -0.05) is 12.1 Å². The highest BCUT2D eigenvalue weighted by Crippen LogP contribution is 2.22. The van der Waals surface area contributed by atoms with Crippen LogP contribution in [0.15, 0.2) is 18.2 Å². The van der Waals surface area contributed by atoms with Gasteiger partial charge in [-0.2, -0.15) is 0 Å². The van der Waals surface area contributed by atoms with Crippen LogP contribution in [0, 0.1) is 13.8 Å². The molecule has 1 saturated heterocycles. The molecule has 0 aliphatic carbocycles. The molecular formula is C21H38N4O+2. The number of hydrogen-bond donors (Lipinski definition) is 3. The number of hydrogen-bond acceptors (Lipinski definition) is 2. The van der Waals surface area contributed by atoms with E-state index in [9.17, 15) is 4.79 Å². The first kappa shape index (κ1) is 20.7. The molecule has 5 heteroatoms. The second-order valence-electron chi connectivity index (χ2n) is 8.70. The number of benzene rings is 1. The molecule has 1 heterocycles. The Morgan fingerprint density at radius 1 is 1.23 bits per heavy atom. The number of anilines is 1. The molecule has 5 nitrogen and oxygen atoms in total. The number of piperazine rings is 1.